The maximum Gasteiger partial charge on any atom is 0.0595 e. The van der Waals surface area contributed by atoms with Crippen molar-refractivity contribution >= 4 is 23.2 Å². The summed E-state index contributed by atoms with van der Waals surface area (Å²) in [6.45, 7) is 4.49. The molecule has 2 rings (SSSR count). The topological polar surface area (TPSA) is 12.0 Å². The first-order valence-electron chi connectivity index (χ1n) is 5.84. The van der Waals surface area contributed by atoms with Crippen molar-refractivity contribution in [1.82, 2.24) is 5.32 Å². The van der Waals surface area contributed by atoms with E-state index < -0.39 is 0 Å². The first kappa shape index (κ1) is 12.2. The Bertz CT molecular complexity index is 365. The molecule has 0 unspecified atom stereocenters. The summed E-state index contributed by atoms with van der Waals surface area (Å²) in [5, 5.41) is 4.79. The lowest BCUT2D eigenvalue weighted by molar-refractivity contribution is 0.449. The number of hydrogen-bond donors (Lipinski definition) is 1. The van der Waals surface area contributed by atoms with Crippen molar-refractivity contribution in [3.05, 3.63) is 33.8 Å². The van der Waals surface area contributed by atoms with Gasteiger partial charge >= 0.3 is 0 Å². The summed E-state index contributed by atoms with van der Waals surface area (Å²) >= 11 is 12.0. The second kappa shape index (κ2) is 5.39. The molecule has 0 amide bonds. The Kier molecular flexibility index (Phi) is 4.12. The third-order valence-corrected chi connectivity index (χ3v) is 4.17. The average Bonchev–Trinajstić information content (AvgIpc) is 2.47. The van der Waals surface area contributed by atoms with E-state index >= 15 is 0 Å². The smallest absolute Gasteiger partial charge is 0.0595 e. The summed E-state index contributed by atoms with van der Waals surface area (Å²) in [6, 6.07) is 6.01. The van der Waals surface area contributed by atoms with Crippen LogP contribution in [0.25, 0.3) is 0 Å². The molecule has 0 aliphatic carbocycles. The van der Waals surface area contributed by atoms with Crippen molar-refractivity contribution in [3.63, 3.8) is 0 Å². The van der Waals surface area contributed by atoms with Gasteiger partial charge in [-0.05, 0) is 48.9 Å². The first-order chi connectivity index (χ1) is 7.68. The molecular formula is C13H17Cl2N. The molecule has 1 nitrogen and oxygen atoms in total. The van der Waals surface area contributed by atoms with Crippen molar-refractivity contribution in [2.24, 2.45) is 5.92 Å². The standard InChI is InChI=1S/C13H17Cl2N/c1-9-3-2-6-16-8-11(9)10-4-5-12(14)13(15)7-10/h4-5,7,9,11,16H,2-3,6,8H2,1H3/t9-,11-/m1/s1. The Morgan fingerprint density at radius 2 is 2.06 bits per heavy atom. The quantitative estimate of drug-likeness (QED) is 0.799. The highest BCUT2D eigenvalue weighted by Gasteiger charge is 2.21. The van der Waals surface area contributed by atoms with E-state index in [0.717, 1.165) is 13.1 Å². The zero-order valence-corrected chi connectivity index (χ0v) is 11.0. The highest BCUT2D eigenvalue weighted by molar-refractivity contribution is 6.42. The molecule has 2 atom stereocenters. The number of halogens is 2. The van der Waals surface area contributed by atoms with E-state index in [4.69, 9.17) is 23.2 Å². The molecule has 0 aromatic heterocycles. The molecule has 1 fully saturated rings. The molecular weight excluding hydrogens is 241 g/mol. The molecule has 88 valence electrons. The van der Waals surface area contributed by atoms with Gasteiger partial charge in [-0.3, -0.25) is 0 Å². The highest BCUT2D eigenvalue weighted by Crippen LogP contribution is 2.32. The Balaban J connectivity index is 2.23. The largest absolute Gasteiger partial charge is 0.316 e. The minimum Gasteiger partial charge on any atom is -0.316 e. The molecule has 16 heavy (non-hydrogen) atoms. The van der Waals surface area contributed by atoms with Crippen LogP contribution < -0.4 is 5.32 Å². The van der Waals surface area contributed by atoms with Gasteiger partial charge in [-0.15, -0.1) is 0 Å². The van der Waals surface area contributed by atoms with E-state index in [1.54, 1.807) is 0 Å². The maximum atomic E-state index is 6.07. The number of benzene rings is 1. The summed E-state index contributed by atoms with van der Waals surface area (Å²) in [5.74, 6) is 1.25. The predicted molar refractivity (Wildman–Crippen MR) is 70.5 cm³/mol. The van der Waals surface area contributed by atoms with Crippen molar-refractivity contribution in [2.75, 3.05) is 13.1 Å². The van der Waals surface area contributed by atoms with Crippen LogP contribution in [0.1, 0.15) is 31.2 Å². The van der Waals surface area contributed by atoms with E-state index in [-0.39, 0.29) is 0 Å². The molecule has 0 spiro atoms. The van der Waals surface area contributed by atoms with Crippen LogP contribution in [-0.4, -0.2) is 13.1 Å². The fraction of sp³-hybridized carbons (Fsp3) is 0.538. The van der Waals surface area contributed by atoms with E-state index in [2.05, 4.69) is 18.3 Å². The molecule has 1 aromatic rings. The van der Waals surface area contributed by atoms with Gasteiger partial charge in [0.1, 0.15) is 0 Å². The van der Waals surface area contributed by atoms with Crippen molar-refractivity contribution in [3.8, 4) is 0 Å². The van der Waals surface area contributed by atoms with Gasteiger partial charge in [0.25, 0.3) is 0 Å². The van der Waals surface area contributed by atoms with Crippen LogP contribution in [0, 0.1) is 5.92 Å². The minimum atomic E-state index is 0.553. The third-order valence-electron chi connectivity index (χ3n) is 3.44. The molecule has 1 N–H and O–H groups in total. The summed E-state index contributed by atoms with van der Waals surface area (Å²) in [7, 11) is 0. The Morgan fingerprint density at radius 3 is 2.81 bits per heavy atom. The number of rotatable bonds is 1. The fourth-order valence-corrected chi connectivity index (χ4v) is 2.70. The number of hydrogen-bond acceptors (Lipinski definition) is 1. The number of nitrogens with one attached hydrogen (secondary N) is 1. The molecule has 1 saturated heterocycles. The normalized spacial score (nSPS) is 26.4. The SMILES string of the molecule is C[C@@H]1CCCNC[C@H]1c1ccc(Cl)c(Cl)c1. The van der Waals surface area contributed by atoms with Crippen LogP contribution in [0.2, 0.25) is 10.0 Å². The second-order valence-corrected chi connectivity index (χ2v) is 5.42. The fourth-order valence-electron chi connectivity index (χ4n) is 2.40. The van der Waals surface area contributed by atoms with E-state index in [1.165, 1.54) is 18.4 Å². The summed E-state index contributed by atoms with van der Waals surface area (Å²) in [6.07, 6.45) is 2.54. The Morgan fingerprint density at radius 1 is 1.25 bits per heavy atom. The van der Waals surface area contributed by atoms with E-state index in [9.17, 15) is 0 Å². The lowest BCUT2D eigenvalue weighted by atomic mass is 9.85. The molecule has 1 aliphatic rings. The molecule has 0 bridgehead atoms. The van der Waals surface area contributed by atoms with Crippen molar-refractivity contribution in [2.45, 2.75) is 25.7 Å². The minimum absolute atomic E-state index is 0.553. The highest BCUT2D eigenvalue weighted by atomic mass is 35.5. The van der Waals surface area contributed by atoms with Crippen LogP contribution in [0.15, 0.2) is 18.2 Å². The van der Waals surface area contributed by atoms with Gasteiger partial charge in [-0.2, -0.15) is 0 Å². The molecule has 0 saturated carbocycles. The van der Waals surface area contributed by atoms with Gasteiger partial charge in [-0.1, -0.05) is 36.2 Å². The van der Waals surface area contributed by atoms with Gasteiger partial charge < -0.3 is 5.32 Å². The zero-order valence-electron chi connectivity index (χ0n) is 9.47. The molecule has 1 aliphatic heterocycles. The van der Waals surface area contributed by atoms with Crippen LogP contribution >= 0.6 is 23.2 Å². The lowest BCUT2D eigenvalue weighted by Crippen LogP contribution is -2.22. The van der Waals surface area contributed by atoms with E-state index in [0.29, 0.717) is 21.9 Å². The first-order valence-corrected chi connectivity index (χ1v) is 6.59. The van der Waals surface area contributed by atoms with E-state index in [1.807, 2.05) is 12.1 Å². The predicted octanol–water partition coefficient (Wildman–Crippen LogP) is 4.10. The van der Waals surface area contributed by atoms with Crippen molar-refractivity contribution in [1.29, 1.82) is 0 Å². The second-order valence-electron chi connectivity index (χ2n) is 4.60. The van der Waals surface area contributed by atoms with Gasteiger partial charge in [-0.25, -0.2) is 0 Å². The van der Waals surface area contributed by atoms with Crippen LogP contribution in [0.4, 0.5) is 0 Å². The van der Waals surface area contributed by atoms with Gasteiger partial charge in [0.15, 0.2) is 0 Å². The van der Waals surface area contributed by atoms with Gasteiger partial charge in [0.05, 0.1) is 10.0 Å². The van der Waals surface area contributed by atoms with Crippen molar-refractivity contribution < 1.29 is 0 Å². The zero-order chi connectivity index (χ0) is 11.5. The molecule has 1 aromatic carbocycles. The maximum absolute atomic E-state index is 6.07. The Labute approximate surface area is 107 Å². The lowest BCUT2D eigenvalue weighted by Gasteiger charge is -2.22. The summed E-state index contributed by atoms with van der Waals surface area (Å²) in [4.78, 5) is 0. The summed E-state index contributed by atoms with van der Waals surface area (Å²) < 4.78 is 0. The average molecular weight is 258 g/mol. The monoisotopic (exact) mass is 257 g/mol. The van der Waals surface area contributed by atoms with Gasteiger partial charge in [0.2, 0.25) is 0 Å². The van der Waals surface area contributed by atoms with Gasteiger partial charge in [0, 0.05) is 6.54 Å². The van der Waals surface area contributed by atoms with Crippen LogP contribution in [0.3, 0.4) is 0 Å². The van der Waals surface area contributed by atoms with Crippen LogP contribution in [0.5, 0.6) is 0 Å². The molecule has 3 heteroatoms. The molecule has 0 radical (unpaired) electrons. The molecule has 1 heterocycles. The summed E-state index contributed by atoms with van der Waals surface area (Å²) in [5.41, 5.74) is 1.30. The van der Waals surface area contributed by atoms with Crippen LogP contribution in [-0.2, 0) is 0 Å². The Hall–Kier alpha value is -0.240. The third kappa shape index (κ3) is 2.71.